The molecular formula is C16H24O2. The van der Waals surface area contributed by atoms with Crippen molar-refractivity contribution in [3.05, 3.63) is 23.3 Å². The third-order valence-corrected chi connectivity index (χ3v) is 4.70. The van der Waals surface area contributed by atoms with Crippen LogP contribution in [0.2, 0.25) is 0 Å². The summed E-state index contributed by atoms with van der Waals surface area (Å²) in [6.07, 6.45) is 8.18. The second-order valence-electron chi connectivity index (χ2n) is 6.11. The highest BCUT2D eigenvalue weighted by Gasteiger charge is 2.43. The van der Waals surface area contributed by atoms with Crippen LogP contribution >= 0.6 is 0 Å². The molecule has 0 heterocycles. The quantitative estimate of drug-likeness (QED) is 0.760. The van der Waals surface area contributed by atoms with Crippen LogP contribution in [-0.2, 0) is 4.79 Å². The lowest BCUT2D eigenvalue weighted by Gasteiger charge is -2.43. The molecule has 1 saturated carbocycles. The molecule has 1 N–H and O–H groups in total. The highest BCUT2D eigenvalue weighted by molar-refractivity contribution is 6.05. The molecule has 18 heavy (non-hydrogen) atoms. The van der Waals surface area contributed by atoms with Gasteiger partial charge in [0.05, 0.1) is 6.10 Å². The molecule has 0 aromatic heterocycles. The van der Waals surface area contributed by atoms with Crippen molar-refractivity contribution < 1.29 is 9.90 Å². The molecule has 2 nitrogen and oxygen atoms in total. The van der Waals surface area contributed by atoms with Crippen LogP contribution in [0, 0.1) is 11.3 Å². The Hall–Kier alpha value is -0.890. The maximum Gasteiger partial charge on any atom is 0.181 e. The van der Waals surface area contributed by atoms with Crippen LogP contribution in [0.3, 0.4) is 0 Å². The Morgan fingerprint density at radius 3 is 3.00 bits per heavy atom. The number of allylic oxidation sites excluding steroid dienone is 3. The van der Waals surface area contributed by atoms with E-state index in [4.69, 9.17) is 0 Å². The van der Waals surface area contributed by atoms with E-state index < -0.39 is 0 Å². The second kappa shape index (κ2) is 5.00. The Balaban J connectivity index is 2.33. The summed E-state index contributed by atoms with van der Waals surface area (Å²) >= 11 is 0. The molecule has 0 saturated heterocycles. The SMILES string of the molecule is CCC(C)C=C1C[C@@]2(C)C(=CC1=O)CCC[C@@H]2O. The van der Waals surface area contributed by atoms with Crippen molar-refractivity contribution >= 4 is 5.78 Å². The zero-order valence-electron chi connectivity index (χ0n) is 11.7. The minimum Gasteiger partial charge on any atom is -0.392 e. The van der Waals surface area contributed by atoms with Crippen molar-refractivity contribution in [3.8, 4) is 0 Å². The molecule has 0 aromatic carbocycles. The van der Waals surface area contributed by atoms with Gasteiger partial charge in [0.15, 0.2) is 5.78 Å². The lowest BCUT2D eigenvalue weighted by molar-refractivity contribution is -0.112. The van der Waals surface area contributed by atoms with E-state index in [1.807, 2.05) is 0 Å². The van der Waals surface area contributed by atoms with Crippen LogP contribution in [-0.4, -0.2) is 17.0 Å². The van der Waals surface area contributed by atoms with Crippen molar-refractivity contribution in [1.29, 1.82) is 0 Å². The molecule has 2 aliphatic rings. The summed E-state index contributed by atoms with van der Waals surface area (Å²) in [6, 6.07) is 0. The van der Waals surface area contributed by atoms with Gasteiger partial charge in [0.1, 0.15) is 0 Å². The van der Waals surface area contributed by atoms with E-state index in [-0.39, 0.29) is 17.3 Å². The molecule has 0 aromatic rings. The number of ketones is 1. The molecule has 0 spiro atoms. The summed E-state index contributed by atoms with van der Waals surface area (Å²) in [5, 5.41) is 10.3. The summed E-state index contributed by atoms with van der Waals surface area (Å²) in [7, 11) is 0. The topological polar surface area (TPSA) is 37.3 Å². The van der Waals surface area contributed by atoms with Crippen LogP contribution < -0.4 is 0 Å². The van der Waals surface area contributed by atoms with Crippen molar-refractivity contribution in [1.82, 2.24) is 0 Å². The highest BCUT2D eigenvalue weighted by atomic mass is 16.3. The molecular weight excluding hydrogens is 224 g/mol. The zero-order valence-corrected chi connectivity index (χ0v) is 11.7. The maximum absolute atomic E-state index is 12.1. The predicted molar refractivity (Wildman–Crippen MR) is 73.2 cm³/mol. The monoisotopic (exact) mass is 248 g/mol. The first-order valence-corrected chi connectivity index (χ1v) is 7.11. The fourth-order valence-electron chi connectivity index (χ4n) is 3.11. The van der Waals surface area contributed by atoms with Gasteiger partial charge in [-0.25, -0.2) is 0 Å². The van der Waals surface area contributed by atoms with Crippen molar-refractivity contribution in [2.24, 2.45) is 11.3 Å². The van der Waals surface area contributed by atoms with Crippen molar-refractivity contribution in [2.75, 3.05) is 0 Å². The Morgan fingerprint density at radius 1 is 1.61 bits per heavy atom. The lowest BCUT2D eigenvalue weighted by atomic mass is 9.63. The molecule has 1 fully saturated rings. The van der Waals surface area contributed by atoms with Gasteiger partial charge in [-0.2, -0.15) is 0 Å². The number of carbonyl (C=O) groups excluding carboxylic acids is 1. The largest absolute Gasteiger partial charge is 0.392 e. The van der Waals surface area contributed by atoms with Crippen molar-refractivity contribution in [2.45, 2.75) is 59.0 Å². The molecule has 2 aliphatic carbocycles. The van der Waals surface area contributed by atoms with E-state index in [2.05, 4.69) is 26.8 Å². The van der Waals surface area contributed by atoms with Crippen LogP contribution in [0.4, 0.5) is 0 Å². The van der Waals surface area contributed by atoms with Crippen LogP contribution in [0.1, 0.15) is 52.9 Å². The summed E-state index contributed by atoms with van der Waals surface area (Å²) in [4.78, 5) is 12.1. The molecule has 2 heteroatoms. The predicted octanol–water partition coefficient (Wildman–Crippen LogP) is 3.41. The molecule has 3 atom stereocenters. The summed E-state index contributed by atoms with van der Waals surface area (Å²) in [6.45, 7) is 6.38. The van der Waals surface area contributed by atoms with Gasteiger partial charge in [0, 0.05) is 5.41 Å². The molecule has 0 aliphatic heterocycles. The minimum atomic E-state index is -0.300. The Morgan fingerprint density at radius 2 is 2.33 bits per heavy atom. The summed E-state index contributed by atoms with van der Waals surface area (Å²) in [5.74, 6) is 0.597. The number of aliphatic hydroxyl groups is 1. The van der Waals surface area contributed by atoms with Crippen molar-refractivity contribution in [3.63, 3.8) is 0 Å². The van der Waals surface area contributed by atoms with E-state index >= 15 is 0 Å². The highest BCUT2D eigenvalue weighted by Crippen LogP contribution is 2.48. The van der Waals surface area contributed by atoms with Crippen LogP contribution in [0.25, 0.3) is 0 Å². The molecule has 0 bridgehead atoms. The third-order valence-electron chi connectivity index (χ3n) is 4.70. The Labute approximate surface area is 110 Å². The van der Waals surface area contributed by atoms with Gasteiger partial charge < -0.3 is 5.11 Å². The van der Waals surface area contributed by atoms with E-state index in [1.165, 1.54) is 0 Å². The van der Waals surface area contributed by atoms with Gasteiger partial charge in [-0.1, -0.05) is 38.8 Å². The lowest BCUT2D eigenvalue weighted by Crippen LogP contribution is -2.41. The van der Waals surface area contributed by atoms with Gasteiger partial charge in [-0.15, -0.1) is 0 Å². The third kappa shape index (κ3) is 2.31. The van der Waals surface area contributed by atoms with Crippen LogP contribution in [0.15, 0.2) is 23.3 Å². The molecule has 0 radical (unpaired) electrons. The molecule has 1 unspecified atom stereocenters. The zero-order chi connectivity index (χ0) is 13.3. The van der Waals surface area contributed by atoms with E-state index in [0.29, 0.717) is 12.3 Å². The Kier molecular flexibility index (Phi) is 3.76. The van der Waals surface area contributed by atoms with Gasteiger partial charge >= 0.3 is 0 Å². The molecule has 100 valence electrons. The van der Waals surface area contributed by atoms with E-state index in [0.717, 1.165) is 36.8 Å². The first-order valence-electron chi connectivity index (χ1n) is 7.11. The van der Waals surface area contributed by atoms with Gasteiger partial charge in [-0.05, 0) is 43.3 Å². The Bertz CT molecular complexity index is 405. The fourth-order valence-corrected chi connectivity index (χ4v) is 3.11. The fraction of sp³-hybridized carbons (Fsp3) is 0.688. The second-order valence-corrected chi connectivity index (χ2v) is 6.11. The van der Waals surface area contributed by atoms with Gasteiger partial charge in [0.2, 0.25) is 0 Å². The molecule has 0 amide bonds. The summed E-state index contributed by atoms with van der Waals surface area (Å²) in [5.41, 5.74) is 1.86. The number of aliphatic hydroxyl groups excluding tert-OH is 1. The maximum atomic E-state index is 12.1. The first-order chi connectivity index (χ1) is 8.47. The normalized spacial score (nSPS) is 36.2. The van der Waals surface area contributed by atoms with Crippen LogP contribution in [0.5, 0.6) is 0 Å². The minimum absolute atomic E-state index is 0.164. The number of hydrogen-bond acceptors (Lipinski definition) is 2. The number of rotatable bonds is 2. The average molecular weight is 248 g/mol. The number of carbonyl (C=O) groups is 1. The standard InChI is InChI=1S/C16H24O2/c1-4-11(2)8-12-10-16(3)13(9-14(12)17)6-5-7-15(16)18/h8-9,11,15,18H,4-7,10H2,1-3H3/t11?,15-,16-/m0/s1. The number of hydrogen-bond donors (Lipinski definition) is 1. The van der Waals surface area contributed by atoms with Gasteiger partial charge in [-0.3, -0.25) is 4.79 Å². The van der Waals surface area contributed by atoms with E-state index in [1.54, 1.807) is 6.08 Å². The van der Waals surface area contributed by atoms with Gasteiger partial charge in [0.25, 0.3) is 0 Å². The molecule has 2 rings (SSSR count). The van der Waals surface area contributed by atoms with E-state index in [9.17, 15) is 9.90 Å². The average Bonchev–Trinajstić information content (AvgIpc) is 2.33. The summed E-state index contributed by atoms with van der Waals surface area (Å²) < 4.78 is 0. The smallest absolute Gasteiger partial charge is 0.181 e. The number of fused-ring (bicyclic) bond motifs is 1. The first kappa shape index (κ1) is 13.5.